The lowest BCUT2D eigenvalue weighted by Gasteiger charge is -2.47. The van der Waals surface area contributed by atoms with Crippen LogP contribution in [0.25, 0.3) is 0 Å². The van der Waals surface area contributed by atoms with Gasteiger partial charge in [-0.3, -0.25) is 4.79 Å². The molecule has 2 nitrogen and oxygen atoms in total. The number of amides is 1. The number of carbonyl (C=O) groups excluding carboxylic acids is 1. The molecule has 1 amide bonds. The maximum Gasteiger partial charge on any atom is 0.222 e. The molecule has 0 spiro atoms. The van der Waals surface area contributed by atoms with Crippen LogP contribution in [0.5, 0.6) is 0 Å². The van der Waals surface area contributed by atoms with Crippen molar-refractivity contribution >= 4 is 14.0 Å². The number of hydrogen-bond donors (Lipinski definition) is 1. The highest BCUT2D eigenvalue weighted by Gasteiger charge is 2.44. The van der Waals surface area contributed by atoms with Crippen LogP contribution in [0.4, 0.5) is 0 Å². The molecule has 1 aliphatic heterocycles. The average Bonchev–Trinajstić information content (AvgIpc) is 2.23. The largest absolute Gasteiger partial charge is 0.352 e. The first kappa shape index (κ1) is 13.8. The van der Waals surface area contributed by atoms with Crippen LogP contribution in [-0.2, 0) is 4.79 Å². The Balaban J connectivity index is 2.05. The second kappa shape index (κ2) is 4.51. The van der Waals surface area contributed by atoms with Crippen LogP contribution < -0.4 is 5.32 Å². The smallest absolute Gasteiger partial charge is 0.222 e. The van der Waals surface area contributed by atoms with Gasteiger partial charge in [-0.25, -0.2) is 0 Å². The molecule has 1 unspecified atom stereocenters. The van der Waals surface area contributed by atoms with Crippen LogP contribution in [0.1, 0.15) is 40.0 Å². The van der Waals surface area contributed by atoms with Crippen molar-refractivity contribution in [3.05, 3.63) is 12.2 Å². The van der Waals surface area contributed by atoms with Gasteiger partial charge in [-0.15, -0.1) is 0 Å². The molecular weight excluding hydrogens is 238 g/mol. The molecule has 3 heteroatoms. The minimum atomic E-state index is -1.26. The molecule has 2 rings (SSSR count). The van der Waals surface area contributed by atoms with E-state index in [9.17, 15) is 4.79 Å². The minimum absolute atomic E-state index is 0.225. The van der Waals surface area contributed by atoms with E-state index in [1.165, 1.54) is 12.8 Å². The van der Waals surface area contributed by atoms with E-state index in [1.54, 1.807) is 0 Å². The Labute approximate surface area is 112 Å². The molecule has 1 saturated heterocycles. The molecule has 1 heterocycles. The van der Waals surface area contributed by atoms with Gasteiger partial charge < -0.3 is 5.32 Å². The summed E-state index contributed by atoms with van der Waals surface area (Å²) in [6.45, 7) is 12.3. The van der Waals surface area contributed by atoms with Gasteiger partial charge in [0.1, 0.15) is 0 Å². The summed E-state index contributed by atoms with van der Waals surface area (Å²) in [6.07, 6.45) is 7.96. The predicted octanol–water partition coefficient (Wildman–Crippen LogP) is 3.72. The second-order valence-corrected chi connectivity index (χ2v) is 13.4. The lowest BCUT2D eigenvalue weighted by Crippen LogP contribution is -2.54. The molecule has 0 aromatic carbocycles. The fraction of sp³-hybridized carbons (Fsp3) is 0.800. The Bertz CT molecular complexity index is 359. The van der Waals surface area contributed by atoms with Crippen molar-refractivity contribution in [1.29, 1.82) is 0 Å². The molecule has 0 aromatic heterocycles. The van der Waals surface area contributed by atoms with Crippen LogP contribution >= 0.6 is 0 Å². The van der Waals surface area contributed by atoms with Gasteiger partial charge >= 0.3 is 0 Å². The molecular formula is C15H27NOSi. The number of β-lactam (4-membered cyclic amide) rings is 1. The predicted molar refractivity (Wildman–Crippen MR) is 79.4 cm³/mol. The Morgan fingerprint density at radius 2 is 1.94 bits per heavy atom. The highest BCUT2D eigenvalue weighted by molar-refractivity contribution is 6.81. The lowest BCUT2D eigenvalue weighted by molar-refractivity contribution is -0.129. The van der Waals surface area contributed by atoms with E-state index in [0.717, 1.165) is 12.0 Å². The van der Waals surface area contributed by atoms with Crippen LogP contribution in [0.2, 0.25) is 23.7 Å². The Morgan fingerprint density at radius 1 is 1.33 bits per heavy atom. The van der Waals surface area contributed by atoms with Gasteiger partial charge in [0.15, 0.2) is 0 Å². The molecule has 0 aromatic rings. The van der Waals surface area contributed by atoms with Crippen molar-refractivity contribution in [3.8, 4) is 0 Å². The molecule has 1 fully saturated rings. The third kappa shape index (κ3) is 2.42. The first-order chi connectivity index (χ1) is 8.22. The van der Waals surface area contributed by atoms with Crippen LogP contribution in [0.3, 0.4) is 0 Å². The van der Waals surface area contributed by atoms with Crippen molar-refractivity contribution in [3.63, 3.8) is 0 Å². The summed E-state index contributed by atoms with van der Waals surface area (Å²) < 4.78 is 0. The summed E-state index contributed by atoms with van der Waals surface area (Å²) in [7, 11) is -1.26. The first-order valence-electron chi connectivity index (χ1n) is 7.18. The van der Waals surface area contributed by atoms with Crippen molar-refractivity contribution in [1.82, 2.24) is 5.32 Å². The van der Waals surface area contributed by atoms with E-state index in [0.29, 0.717) is 17.0 Å². The molecule has 3 atom stereocenters. The number of nitrogens with one attached hydrogen (secondary N) is 1. The molecule has 2 aliphatic rings. The summed E-state index contributed by atoms with van der Waals surface area (Å²) in [4.78, 5) is 11.1. The van der Waals surface area contributed by atoms with Gasteiger partial charge in [0.05, 0.1) is 8.07 Å². The molecule has 102 valence electrons. The molecule has 18 heavy (non-hydrogen) atoms. The molecule has 1 N–H and O–H groups in total. The number of carbonyl (C=O) groups is 1. The third-order valence-electron chi connectivity index (χ3n) is 5.58. The van der Waals surface area contributed by atoms with Crippen molar-refractivity contribution in [2.75, 3.05) is 0 Å². The zero-order valence-electron chi connectivity index (χ0n) is 12.4. The van der Waals surface area contributed by atoms with E-state index in [2.05, 4.69) is 51.3 Å². The van der Waals surface area contributed by atoms with Gasteiger partial charge in [-0.1, -0.05) is 46.0 Å². The van der Waals surface area contributed by atoms with E-state index in [4.69, 9.17) is 0 Å². The van der Waals surface area contributed by atoms with Gasteiger partial charge in [0, 0.05) is 12.5 Å². The fourth-order valence-corrected chi connectivity index (χ4v) is 5.88. The standard InChI is InChI=1S/C15H27NOSi/c1-15(2,3)18(4,5)12-8-6-7-11(9-12)13-10-14(17)16-13/h6-7,11-13H,8-10H2,1-5H3,(H,16,17)/t11-,12?,13-/m1/s1. The summed E-state index contributed by atoms with van der Waals surface area (Å²) >= 11 is 0. The monoisotopic (exact) mass is 265 g/mol. The zero-order chi connectivity index (χ0) is 13.6. The molecule has 0 radical (unpaired) electrons. The van der Waals surface area contributed by atoms with Crippen molar-refractivity contribution in [2.24, 2.45) is 5.92 Å². The van der Waals surface area contributed by atoms with E-state index >= 15 is 0 Å². The second-order valence-electron chi connectivity index (χ2n) is 7.61. The summed E-state index contributed by atoms with van der Waals surface area (Å²) in [5.41, 5.74) is 0.852. The van der Waals surface area contributed by atoms with Crippen LogP contribution in [0, 0.1) is 5.92 Å². The first-order valence-corrected chi connectivity index (χ1v) is 10.3. The topological polar surface area (TPSA) is 29.1 Å². The maximum absolute atomic E-state index is 11.1. The zero-order valence-corrected chi connectivity index (χ0v) is 13.4. The van der Waals surface area contributed by atoms with Crippen LogP contribution in [0.15, 0.2) is 12.2 Å². The highest BCUT2D eigenvalue weighted by atomic mass is 28.3. The molecule has 1 aliphatic carbocycles. The minimum Gasteiger partial charge on any atom is -0.352 e. The average molecular weight is 265 g/mol. The summed E-state index contributed by atoms with van der Waals surface area (Å²) in [5, 5.41) is 3.50. The van der Waals surface area contributed by atoms with Crippen molar-refractivity contribution in [2.45, 2.75) is 69.7 Å². The number of rotatable bonds is 2. The Kier molecular flexibility index (Phi) is 3.47. The third-order valence-corrected chi connectivity index (χ3v) is 12.0. The summed E-state index contributed by atoms with van der Waals surface area (Å²) in [6, 6.07) is 0.418. The van der Waals surface area contributed by atoms with Crippen molar-refractivity contribution < 1.29 is 4.79 Å². The normalized spacial score (nSPS) is 32.9. The van der Waals surface area contributed by atoms with Gasteiger partial charge in [-0.05, 0) is 29.3 Å². The summed E-state index contributed by atoms with van der Waals surface area (Å²) in [5.74, 6) is 0.804. The van der Waals surface area contributed by atoms with Crippen LogP contribution in [-0.4, -0.2) is 20.0 Å². The number of allylic oxidation sites excluding steroid dienone is 1. The maximum atomic E-state index is 11.1. The quantitative estimate of drug-likeness (QED) is 0.460. The van der Waals surface area contributed by atoms with E-state index < -0.39 is 8.07 Å². The molecule has 0 bridgehead atoms. The number of hydrogen-bond acceptors (Lipinski definition) is 1. The van der Waals surface area contributed by atoms with Gasteiger partial charge in [0.2, 0.25) is 5.91 Å². The van der Waals surface area contributed by atoms with Gasteiger partial charge in [-0.2, -0.15) is 0 Å². The van der Waals surface area contributed by atoms with Gasteiger partial charge in [0.25, 0.3) is 0 Å². The van der Waals surface area contributed by atoms with E-state index in [-0.39, 0.29) is 5.91 Å². The van der Waals surface area contributed by atoms with E-state index in [1.807, 2.05) is 0 Å². The lowest BCUT2D eigenvalue weighted by atomic mass is 9.84. The molecule has 0 saturated carbocycles. The SMILES string of the molecule is CC(C)(C)[Si](C)(C)C1CC=C[C@@H]([C@H]2CC(=O)N2)C1. The fourth-order valence-electron chi connectivity index (χ4n) is 3.06. The Hall–Kier alpha value is -0.573. The Morgan fingerprint density at radius 3 is 2.44 bits per heavy atom. The highest BCUT2D eigenvalue weighted by Crippen LogP contribution is 2.49.